The molecule has 0 saturated carbocycles. The molecule has 0 fully saturated rings. The molecule has 0 aliphatic heterocycles. The van der Waals surface area contributed by atoms with Gasteiger partial charge in [-0.3, -0.25) is 0 Å². The van der Waals surface area contributed by atoms with Crippen molar-refractivity contribution >= 4 is 0 Å². The van der Waals surface area contributed by atoms with E-state index in [2.05, 4.69) is 0 Å². The van der Waals surface area contributed by atoms with Gasteiger partial charge in [0, 0.05) is 0 Å². The average Bonchev–Trinajstić information content (AvgIpc) is 0. The van der Waals surface area contributed by atoms with E-state index in [1.54, 1.807) is 0 Å². The van der Waals surface area contributed by atoms with Crippen molar-refractivity contribution in [2.45, 2.75) is 0 Å². The summed E-state index contributed by atoms with van der Waals surface area (Å²) in [6.07, 6.45) is 0. The Hall–Kier alpha value is 2.46. The normalized spacial score (nSPS) is 0. The SMILES string of the molecule is [Cr+3].[Cr+3].[Cr+3].[Cr+3].[Cr+3].[N-3].[N-3].[N-3].[N-3].[N-3]. The first kappa shape index (κ1) is 270. The monoisotopic (exact) mass is 330 g/mol. The zero-order valence-corrected chi connectivity index (χ0v) is 10.7. The third kappa shape index (κ3) is 155. The Morgan fingerprint density at radius 2 is 0.200 bits per heavy atom. The van der Waals surface area contributed by atoms with Gasteiger partial charge in [-0.1, -0.05) is 0 Å². The van der Waals surface area contributed by atoms with Crippen LogP contribution < -0.4 is 0 Å². The van der Waals surface area contributed by atoms with Crippen LogP contribution in [0.3, 0.4) is 0 Å². The van der Waals surface area contributed by atoms with E-state index in [-0.39, 0.29) is 118 Å². The van der Waals surface area contributed by atoms with Gasteiger partial charge in [-0.2, -0.15) is 0 Å². The summed E-state index contributed by atoms with van der Waals surface area (Å²) in [4.78, 5) is 0. The molecule has 0 N–H and O–H groups in total. The van der Waals surface area contributed by atoms with E-state index in [1.807, 2.05) is 0 Å². The van der Waals surface area contributed by atoms with Crippen LogP contribution >= 0.6 is 0 Å². The van der Waals surface area contributed by atoms with Crippen molar-refractivity contribution in [1.82, 2.24) is 0 Å². The van der Waals surface area contributed by atoms with E-state index in [4.69, 9.17) is 0 Å². The van der Waals surface area contributed by atoms with Crippen LogP contribution in [-0.2, 0) is 86.8 Å². The third-order valence-corrected chi connectivity index (χ3v) is 0. The summed E-state index contributed by atoms with van der Waals surface area (Å²) < 4.78 is 0. The molecule has 5 nitrogen and oxygen atoms in total. The molecule has 0 saturated heterocycles. The Balaban J connectivity index is 0. The molecule has 0 aliphatic carbocycles. The van der Waals surface area contributed by atoms with Crippen molar-refractivity contribution in [2.24, 2.45) is 0 Å². The molecule has 55 valence electrons. The van der Waals surface area contributed by atoms with Gasteiger partial charge in [-0.15, -0.1) is 0 Å². The summed E-state index contributed by atoms with van der Waals surface area (Å²) in [6.45, 7) is 0. The molecule has 0 heterocycles. The summed E-state index contributed by atoms with van der Waals surface area (Å²) >= 11 is 0. The van der Waals surface area contributed by atoms with E-state index >= 15 is 0 Å². The van der Waals surface area contributed by atoms with Gasteiger partial charge in [-0.05, 0) is 0 Å². The fourth-order valence-electron chi connectivity index (χ4n) is 0. The van der Waals surface area contributed by atoms with Crippen molar-refractivity contribution in [2.75, 3.05) is 0 Å². The van der Waals surface area contributed by atoms with Crippen LogP contribution in [0.25, 0.3) is 30.8 Å². The second-order valence-electron chi connectivity index (χ2n) is 0. The summed E-state index contributed by atoms with van der Waals surface area (Å²) in [6, 6.07) is 0. The first-order chi connectivity index (χ1) is 0. The van der Waals surface area contributed by atoms with Gasteiger partial charge in [0.25, 0.3) is 0 Å². The van der Waals surface area contributed by atoms with E-state index < -0.39 is 0 Å². The fraction of sp³-hybridized carbons (Fsp3) is 0. The molecular weight excluding hydrogens is 330 g/mol. The number of hydrogen-bond donors (Lipinski definition) is 0. The predicted octanol–water partition coefficient (Wildman–Crippen LogP) is 1.43. The standard InChI is InChI=1S/5Cr.5N/q5*+3;5*-3. The van der Waals surface area contributed by atoms with Gasteiger partial charge in [0.05, 0.1) is 0 Å². The Morgan fingerprint density at radius 3 is 0.200 bits per heavy atom. The molecule has 0 spiro atoms. The zero-order valence-electron chi connectivity index (χ0n) is 4.28. The predicted molar refractivity (Wildman–Crippen MR) is 16.8 cm³/mol. The fourth-order valence-corrected chi connectivity index (χ4v) is 0. The van der Waals surface area contributed by atoms with Crippen LogP contribution in [0.5, 0.6) is 0 Å². The molecular formula is Cr5N5. The number of nitrogens with zero attached hydrogens (tertiary/aromatic N) is 5. The summed E-state index contributed by atoms with van der Waals surface area (Å²) in [5.41, 5.74) is 0. The summed E-state index contributed by atoms with van der Waals surface area (Å²) in [5, 5.41) is 0. The molecule has 10 heteroatoms. The average molecular weight is 330 g/mol. The molecule has 0 aromatic rings. The van der Waals surface area contributed by atoms with Gasteiger partial charge in [-0.25, -0.2) is 0 Å². The first-order valence-corrected chi connectivity index (χ1v) is 0. The van der Waals surface area contributed by atoms with E-state index in [0.29, 0.717) is 0 Å². The molecule has 0 bridgehead atoms. The Bertz CT molecular complexity index is 10.0. The Kier molecular flexibility index (Phi) is 5590. The van der Waals surface area contributed by atoms with Crippen LogP contribution in [-0.4, -0.2) is 0 Å². The molecule has 5 radical (unpaired) electrons. The van der Waals surface area contributed by atoms with Crippen molar-refractivity contribution in [3.05, 3.63) is 30.8 Å². The molecule has 0 unspecified atom stereocenters. The summed E-state index contributed by atoms with van der Waals surface area (Å²) in [7, 11) is 0. The molecule has 0 rings (SSSR count). The molecule has 0 aliphatic rings. The molecule has 0 atom stereocenters. The molecule has 10 heavy (non-hydrogen) atoms. The van der Waals surface area contributed by atoms with E-state index in [0.717, 1.165) is 0 Å². The largest absolute Gasteiger partial charge is 3.00 e. The smallest absolute Gasteiger partial charge is 3.00 e. The van der Waals surface area contributed by atoms with Crippen LogP contribution in [0.2, 0.25) is 0 Å². The number of hydrogen-bond acceptors (Lipinski definition) is 0. The minimum atomic E-state index is 0. The van der Waals surface area contributed by atoms with E-state index in [1.165, 1.54) is 0 Å². The van der Waals surface area contributed by atoms with Gasteiger partial charge < -0.3 is 30.8 Å². The third-order valence-electron chi connectivity index (χ3n) is 0. The molecule has 0 aromatic heterocycles. The van der Waals surface area contributed by atoms with Crippen molar-refractivity contribution in [1.29, 1.82) is 0 Å². The molecule has 0 aromatic carbocycles. The second kappa shape index (κ2) is 207. The van der Waals surface area contributed by atoms with Gasteiger partial charge in [0.1, 0.15) is 0 Å². The Morgan fingerprint density at radius 1 is 0.200 bits per heavy atom. The number of rotatable bonds is 0. The van der Waals surface area contributed by atoms with Crippen LogP contribution in [0.4, 0.5) is 0 Å². The Labute approximate surface area is 116 Å². The van der Waals surface area contributed by atoms with Crippen molar-refractivity contribution < 1.29 is 86.8 Å². The van der Waals surface area contributed by atoms with Crippen LogP contribution in [0, 0.1) is 0 Å². The quantitative estimate of drug-likeness (QED) is 0.631. The van der Waals surface area contributed by atoms with Crippen molar-refractivity contribution in [3.63, 3.8) is 0 Å². The second-order valence-corrected chi connectivity index (χ2v) is 0. The maximum absolute atomic E-state index is 0. The maximum atomic E-state index is 0. The van der Waals surface area contributed by atoms with Gasteiger partial charge >= 0.3 is 86.8 Å². The van der Waals surface area contributed by atoms with Gasteiger partial charge in [0.2, 0.25) is 0 Å². The van der Waals surface area contributed by atoms with Crippen LogP contribution in [0.15, 0.2) is 0 Å². The van der Waals surface area contributed by atoms with Crippen LogP contribution in [0.1, 0.15) is 0 Å². The van der Waals surface area contributed by atoms with Crippen molar-refractivity contribution in [3.8, 4) is 0 Å². The minimum Gasteiger partial charge on any atom is -3.00 e. The van der Waals surface area contributed by atoms with Gasteiger partial charge in [0.15, 0.2) is 0 Å². The minimum absolute atomic E-state index is 0. The zero-order chi connectivity index (χ0) is 0. The first-order valence-electron chi connectivity index (χ1n) is 0. The topological polar surface area (TPSA) is 152 Å². The summed E-state index contributed by atoms with van der Waals surface area (Å²) in [5.74, 6) is 0. The van der Waals surface area contributed by atoms with E-state index in [9.17, 15) is 0 Å². The maximum Gasteiger partial charge on any atom is 3.00 e. The molecule has 0 amide bonds.